The molecule has 0 radical (unpaired) electrons. The molecular weight excluding hydrogens is 268 g/mol. The van der Waals surface area contributed by atoms with E-state index in [0.29, 0.717) is 18.6 Å². The van der Waals surface area contributed by atoms with Crippen LogP contribution in [0.5, 0.6) is 0 Å². The number of aliphatic hydroxyl groups excluding tert-OH is 2. The molecule has 0 aromatic rings. The van der Waals surface area contributed by atoms with Gasteiger partial charge in [-0.1, -0.05) is 26.5 Å². The van der Waals surface area contributed by atoms with E-state index in [9.17, 15) is 15.0 Å². The van der Waals surface area contributed by atoms with E-state index in [0.717, 1.165) is 24.8 Å². The van der Waals surface area contributed by atoms with Crippen LogP contribution in [0.25, 0.3) is 0 Å². The zero-order valence-electron chi connectivity index (χ0n) is 13.3. The molecule has 1 aliphatic carbocycles. The minimum atomic E-state index is -0.860. The summed E-state index contributed by atoms with van der Waals surface area (Å²) >= 11 is 0. The Morgan fingerprint density at radius 2 is 2.10 bits per heavy atom. The quantitative estimate of drug-likeness (QED) is 0.620. The first-order chi connectivity index (χ1) is 9.82. The highest BCUT2D eigenvalue weighted by atomic mass is 16.5. The second-order valence-corrected chi connectivity index (χ2v) is 6.22. The summed E-state index contributed by atoms with van der Waals surface area (Å²) in [6, 6.07) is 0. The van der Waals surface area contributed by atoms with E-state index in [1.54, 1.807) is 0 Å². The van der Waals surface area contributed by atoms with Crippen LogP contribution in [0, 0.1) is 11.8 Å². The lowest BCUT2D eigenvalue weighted by molar-refractivity contribution is -0.140. The van der Waals surface area contributed by atoms with Crippen molar-refractivity contribution in [2.45, 2.75) is 58.7 Å². The third kappa shape index (κ3) is 5.64. The molecule has 0 aromatic carbocycles. The van der Waals surface area contributed by atoms with Crippen molar-refractivity contribution in [3.63, 3.8) is 0 Å². The van der Waals surface area contributed by atoms with Gasteiger partial charge in [-0.3, -0.25) is 4.79 Å². The second kappa shape index (κ2) is 8.35. The van der Waals surface area contributed by atoms with Crippen molar-refractivity contribution in [3.8, 4) is 0 Å². The summed E-state index contributed by atoms with van der Waals surface area (Å²) < 4.78 is 5.08. The lowest BCUT2D eigenvalue weighted by Crippen LogP contribution is -2.37. The summed E-state index contributed by atoms with van der Waals surface area (Å²) in [7, 11) is 0. The van der Waals surface area contributed by atoms with Gasteiger partial charge in [0.2, 0.25) is 0 Å². The first-order valence-corrected chi connectivity index (χ1v) is 7.68. The van der Waals surface area contributed by atoms with E-state index in [-0.39, 0.29) is 17.8 Å². The largest absolute Gasteiger partial charge is 0.461 e. The topological polar surface area (TPSA) is 66.8 Å². The third-order valence-electron chi connectivity index (χ3n) is 4.19. The Hall–Kier alpha value is -1.13. The summed E-state index contributed by atoms with van der Waals surface area (Å²) in [6.45, 7) is 9.69. The van der Waals surface area contributed by atoms with Crippen molar-refractivity contribution < 1.29 is 19.7 Å². The zero-order chi connectivity index (χ0) is 16.0. The molecule has 0 heterocycles. The SMILES string of the molecule is C=C1CC/C=C(/COC(C)=O)CCC(C(C)C)[C@@H](O)[C@@H]1O. The number of rotatable bonds is 3. The van der Waals surface area contributed by atoms with E-state index in [1.165, 1.54) is 6.92 Å². The lowest BCUT2D eigenvalue weighted by atomic mass is 9.80. The molecule has 1 rings (SSSR count). The Morgan fingerprint density at radius 3 is 2.67 bits per heavy atom. The van der Waals surface area contributed by atoms with Crippen molar-refractivity contribution >= 4 is 5.97 Å². The van der Waals surface area contributed by atoms with Crippen molar-refractivity contribution in [3.05, 3.63) is 23.8 Å². The predicted octanol–water partition coefficient (Wildman–Crippen LogP) is 2.60. The van der Waals surface area contributed by atoms with Gasteiger partial charge in [0.15, 0.2) is 0 Å². The van der Waals surface area contributed by atoms with Crippen LogP contribution >= 0.6 is 0 Å². The Balaban J connectivity index is 2.84. The number of carbonyl (C=O) groups excluding carboxylic acids is 1. The molecule has 120 valence electrons. The fraction of sp³-hybridized carbons (Fsp3) is 0.706. The van der Waals surface area contributed by atoms with Crippen molar-refractivity contribution in [2.24, 2.45) is 11.8 Å². The van der Waals surface area contributed by atoms with Gasteiger partial charge in [0.05, 0.1) is 6.10 Å². The first kappa shape index (κ1) is 17.9. The van der Waals surface area contributed by atoms with Crippen LogP contribution in [-0.4, -0.2) is 35.0 Å². The summed E-state index contributed by atoms with van der Waals surface area (Å²) in [6.07, 6.45) is 3.32. The maximum Gasteiger partial charge on any atom is 0.302 e. The minimum absolute atomic E-state index is 0.00409. The van der Waals surface area contributed by atoms with Gasteiger partial charge < -0.3 is 14.9 Å². The van der Waals surface area contributed by atoms with Gasteiger partial charge in [0.25, 0.3) is 0 Å². The number of hydrogen-bond donors (Lipinski definition) is 2. The molecule has 0 saturated heterocycles. The predicted molar refractivity (Wildman–Crippen MR) is 82.7 cm³/mol. The molecule has 0 aliphatic heterocycles. The van der Waals surface area contributed by atoms with Gasteiger partial charge >= 0.3 is 5.97 Å². The highest BCUT2D eigenvalue weighted by molar-refractivity contribution is 5.66. The molecule has 1 aliphatic rings. The van der Waals surface area contributed by atoms with Crippen LogP contribution in [0.3, 0.4) is 0 Å². The fourth-order valence-corrected chi connectivity index (χ4v) is 2.76. The Morgan fingerprint density at radius 1 is 1.43 bits per heavy atom. The maximum atomic E-state index is 10.9. The van der Waals surface area contributed by atoms with E-state index >= 15 is 0 Å². The Kier molecular flexibility index (Phi) is 7.12. The molecular formula is C17H28O4. The van der Waals surface area contributed by atoms with Gasteiger partial charge in [0.1, 0.15) is 12.7 Å². The summed E-state index contributed by atoms with van der Waals surface area (Å²) in [5.41, 5.74) is 1.74. The molecule has 0 saturated carbocycles. The van der Waals surface area contributed by atoms with Gasteiger partial charge in [0, 0.05) is 6.92 Å². The molecule has 3 atom stereocenters. The molecule has 4 nitrogen and oxygen atoms in total. The smallest absolute Gasteiger partial charge is 0.302 e. The number of esters is 1. The van der Waals surface area contributed by atoms with Gasteiger partial charge in [-0.2, -0.15) is 0 Å². The molecule has 0 amide bonds. The summed E-state index contributed by atoms with van der Waals surface area (Å²) in [5.74, 6) is -0.0271. The Bertz CT molecular complexity index is 398. The standard InChI is InChI=1S/C17H28O4/c1-11(2)15-9-8-14(10-21-13(4)18)7-5-6-12(3)16(19)17(15)20/h7,11,15-17,19-20H,3,5-6,8-10H2,1-2,4H3/b14-7+/t15?,16-,17-/m1/s1. The molecule has 0 fully saturated rings. The summed E-state index contributed by atoms with van der Waals surface area (Å²) in [5, 5.41) is 20.6. The highest BCUT2D eigenvalue weighted by Gasteiger charge is 2.30. The van der Waals surface area contributed by atoms with Crippen LogP contribution in [0.15, 0.2) is 23.8 Å². The zero-order valence-corrected chi connectivity index (χ0v) is 13.3. The number of carbonyl (C=O) groups is 1. The number of allylic oxidation sites excluding steroid dienone is 1. The molecule has 4 heteroatoms. The highest BCUT2D eigenvalue weighted by Crippen LogP contribution is 2.29. The molecule has 21 heavy (non-hydrogen) atoms. The minimum Gasteiger partial charge on any atom is -0.461 e. The second-order valence-electron chi connectivity index (χ2n) is 6.22. The van der Waals surface area contributed by atoms with Crippen LogP contribution in [0.1, 0.15) is 46.5 Å². The third-order valence-corrected chi connectivity index (χ3v) is 4.19. The van der Waals surface area contributed by atoms with E-state index in [2.05, 4.69) is 12.7 Å². The maximum absolute atomic E-state index is 10.9. The van der Waals surface area contributed by atoms with E-state index in [4.69, 9.17) is 4.74 Å². The van der Waals surface area contributed by atoms with Gasteiger partial charge in [-0.05, 0) is 48.7 Å². The first-order valence-electron chi connectivity index (χ1n) is 7.68. The van der Waals surface area contributed by atoms with Gasteiger partial charge in [-0.15, -0.1) is 0 Å². The average Bonchev–Trinajstić information content (AvgIpc) is 2.41. The molecule has 1 unspecified atom stereocenters. The molecule has 0 bridgehead atoms. The monoisotopic (exact) mass is 296 g/mol. The Labute approximate surface area is 127 Å². The van der Waals surface area contributed by atoms with Crippen LogP contribution in [-0.2, 0) is 9.53 Å². The fourth-order valence-electron chi connectivity index (χ4n) is 2.76. The van der Waals surface area contributed by atoms with Crippen molar-refractivity contribution in [2.75, 3.05) is 6.61 Å². The van der Waals surface area contributed by atoms with Crippen molar-refractivity contribution in [1.82, 2.24) is 0 Å². The number of hydrogen-bond acceptors (Lipinski definition) is 4. The lowest BCUT2D eigenvalue weighted by Gasteiger charge is -2.31. The molecule has 0 aromatic heterocycles. The van der Waals surface area contributed by atoms with Gasteiger partial charge in [-0.25, -0.2) is 0 Å². The van der Waals surface area contributed by atoms with Crippen LogP contribution in [0.4, 0.5) is 0 Å². The molecule has 2 N–H and O–H groups in total. The number of ether oxygens (including phenoxy) is 1. The van der Waals surface area contributed by atoms with Crippen LogP contribution < -0.4 is 0 Å². The van der Waals surface area contributed by atoms with E-state index in [1.807, 2.05) is 13.8 Å². The molecule has 0 spiro atoms. The normalized spacial score (nSPS) is 30.7. The van der Waals surface area contributed by atoms with Crippen LogP contribution in [0.2, 0.25) is 0 Å². The number of aliphatic hydroxyl groups is 2. The average molecular weight is 296 g/mol. The van der Waals surface area contributed by atoms with E-state index < -0.39 is 12.2 Å². The van der Waals surface area contributed by atoms with Crippen molar-refractivity contribution in [1.29, 1.82) is 0 Å². The summed E-state index contributed by atoms with van der Waals surface area (Å²) in [4.78, 5) is 10.9.